The van der Waals surface area contributed by atoms with Crippen molar-refractivity contribution in [1.29, 1.82) is 5.26 Å². The van der Waals surface area contributed by atoms with Gasteiger partial charge in [0.05, 0.1) is 12.5 Å². The van der Waals surface area contributed by atoms with Crippen molar-refractivity contribution in [2.24, 2.45) is 5.92 Å². The Balaban J connectivity index is 2.24. The molecule has 1 aliphatic rings. The molecular weight excluding hydrogens is 212 g/mol. The lowest BCUT2D eigenvalue weighted by atomic mass is 9.86. The van der Waals surface area contributed by atoms with Crippen molar-refractivity contribution < 1.29 is 4.79 Å². The van der Waals surface area contributed by atoms with E-state index < -0.39 is 0 Å². The van der Waals surface area contributed by atoms with Crippen molar-refractivity contribution in [1.82, 2.24) is 4.90 Å². The average Bonchev–Trinajstić information content (AvgIpc) is 2.38. The SMILES string of the molecule is CCN(CCC#N)C(=O)CCC1CCCCC1. The topological polar surface area (TPSA) is 44.1 Å². The first-order chi connectivity index (χ1) is 8.27. The predicted octanol–water partition coefficient (Wildman–Crippen LogP) is 3.11. The second-order valence-corrected chi connectivity index (χ2v) is 4.92. The summed E-state index contributed by atoms with van der Waals surface area (Å²) in [5.74, 6) is 0.996. The van der Waals surface area contributed by atoms with Crippen LogP contribution in [0.1, 0.15) is 58.3 Å². The Bertz CT molecular complexity index is 264. The highest BCUT2D eigenvalue weighted by molar-refractivity contribution is 5.76. The van der Waals surface area contributed by atoms with Crippen molar-refractivity contribution in [2.45, 2.75) is 58.3 Å². The van der Waals surface area contributed by atoms with E-state index in [1.165, 1.54) is 32.1 Å². The maximum atomic E-state index is 11.9. The van der Waals surface area contributed by atoms with Gasteiger partial charge >= 0.3 is 0 Å². The van der Waals surface area contributed by atoms with E-state index in [9.17, 15) is 4.79 Å². The van der Waals surface area contributed by atoms with Crippen LogP contribution in [0.2, 0.25) is 0 Å². The van der Waals surface area contributed by atoms with E-state index in [0.29, 0.717) is 19.4 Å². The standard InChI is InChI=1S/C14H24N2O/c1-2-16(12-6-11-15)14(17)10-9-13-7-4-3-5-8-13/h13H,2-10,12H2,1H3. The van der Waals surface area contributed by atoms with Crippen molar-refractivity contribution in [3.8, 4) is 6.07 Å². The van der Waals surface area contributed by atoms with Gasteiger partial charge in [-0.3, -0.25) is 4.79 Å². The molecule has 0 bridgehead atoms. The summed E-state index contributed by atoms with van der Waals surface area (Å²) in [5.41, 5.74) is 0. The molecule has 96 valence electrons. The number of nitrogens with zero attached hydrogens (tertiary/aromatic N) is 2. The molecule has 3 heteroatoms. The van der Waals surface area contributed by atoms with Crippen molar-refractivity contribution >= 4 is 5.91 Å². The highest BCUT2D eigenvalue weighted by atomic mass is 16.2. The first kappa shape index (κ1) is 14.0. The molecule has 0 aliphatic heterocycles. The molecule has 0 aromatic carbocycles. The van der Waals surface area contributed by atoms with Crippen LogP contribution in [0.15, 0.2) is 0 Å². The van der Waals surface area contributed by atoms with E-state index in [-0.39, 0.29) is 5.91 Å². The summed E-state index contributed by atoms with van der Waals surface area (Å²) in [6, 6.07) is 2.10. The minimum atomic E-state index is 0.230. The number of nitriles is 1. The van der Waals surface area contributed by atoms with E-state index in [4.69, 9.17) is 5.26 Å². The van der Waals surface area contributed by atoms with E-state index in [0.717, 1.165) is 18.9 Å². The highest BCUT2D eigenvalue weighted by Gasteiger charge is 2.17. The first-order valence-corrected chi connectivity index (χ1v) is 6.92. The molecule has 17 heavy (non-hydrogen) atoms. The number of hydrogen-bond acceptors (Lipinski definition) is 2. The molecule has 1 rings (SSSR count). The Kier molecular flexibility index (Phi) is 6.69. The zero-order valence-electron chi connectivity index (χ0n) is 11.0. The fourth-order valence-corrected chi connectivity index (χ4v) is 2.61. The van der Waals surface area contributed by atoms with Crippen LogP contribution < -0.4 is 0 Å². The van der Waals surface area contributed by atoms with Gasteiger partial charge < -0.3 is 4.90 Å². The maximum absolute atomic E-state index is 11.9. The van der Waals surface area contributed by atoms with Gasteiger partial charge in [0, 0.05) is 19.5 Å². The normalized spacial score (nSPS) is 16.5. The minimum absolute atomic E-state index is 0.230. The van der Waals surface area contributed by atoms with Gasteiger partial charge in [-0.05, 0) is 19.3 Å². The lowest BCUT2D eigenvalue weighted by Gasteiger charge is -2.24. The van der Waals surface area contributed by atoms with Crippen LogP contribution >= 0.6 is 0 Å². The maximum Gasteiger partial charge on any atom is 0.222 e. The number of rotatable bonds is 6. The van der Waals surface area contributed by atoms with Crippen LogP contribution in [-0.4, -0.2) is 23.9 Å². The van der Waals surface area contributed by atoms with Crippen LogP contribution in [0.5, 0.6) is 0 Å². The second-order valence-electron chi connectivity index (χ2n) is 4.92. The summed E-state index contributed by atoms with van der Waals surface area (Å²) < 4.78 is 0. The van der Waals surface area contributed by atoms with Gasteiger partial charge in [0.25, 0.3) is 0 Å². The molecular formula is C14H24N2O. The zero-order valence-corrected chi connectivity index (χ0v) is 11.0. The van der Waals surface area contributed by atoms with Gasteiger partial charge in [0.1, 0.15) is 0 Å². The molecule has 0 aromatic heterocycles. The van der Waals surface area contributed by atoms with Crippen LogP contribution in [0, 0.1) is 17.2 Å². The van der Waals surface area contributed by atoms with Gasteiger partial charge in [-0.2, -0.15) is 5.26 Å². The monoisotopic (exact) mass is 236 g/mol. The predicted molar refractivity (Wildman–Crippen MR) is 68.3 cm³/mol. The van der Waals surface area contributed by atoms with Gasteiger partial charge in [-0.25, -0.2) is 0 Å². The highest BCUT2D eigenvalue weighted by Crippen LogP contribution is 2.27. The molecule has 1 saturated carbocycles. The molecule has 0 atom stereocenters. The Morgan fingerprint density at radius 1 is 1.35 bits per heavy atom. The van der Waals surface area contributed by atoms with Crippen LogP contribution in [0.4, 0.5) is 0 Å². The Labute approximate surface area is 105 Å². The summed E-state index contributed by atoms with van der Waals surface area (Å²) in [4.78, 5) is 13.8. The Morgan fingerprint density at radius 2 is 2.06 bits per heavy atom. The van der Waals surface area contributed by atoms with E-state index in [2.05, 4.69) is 6.07 Å². The average molecular weight is 236 g/mol. The summed E-state index contributed by atoms with van der Waals surface area (Å²) >= 11 is 0. The zero-order chi connectivity index (χ0) is 12.5. The van der Waals surface area contributed by atoms with Crippen molar-refractivity contribution in [3.63, 3.8) is 0 Å². The summed E-state index contributed by atoms with van der Waals surface area (Å²) in [6.07, 6.45) is 8.81. The third kappa shape index (κ3) is 5.21. The molecule has 1 fully saturated rings. The molecule has 0 radical (unpaired) electrons. The molecule has 0 N–H and O–H groups in total. The lowest BCUT2D eigenvalue weighted by Crippen LogP contribution is -2.31. The van der Waals surface area contributed by atoms with Crippen molar-refractivity contribution in [2.75, 3.05) is 13.1 Å². The molecule has 1 amide bonds. The molecule has 0 spiro atoms. The Morgan fingerprint density at radius 3 is 2.65 bits per heavy atom. The molecule has 1 aliphatic carbocycles. The largest absolute Gasteiger partial charge is 0.342 e. The number of amides is 1. The van der Waals surface area contributed by atoms with Crippen molar-refractivity contribution in [3.05, 3.63) is 0 Å². The van der Waals surface area contributed by atoms with E-state index >= 15 is 0 Å². The van der Waals surface area contributed by atoms with Crippen LogP contribution in [-0.2, 0) is 4.79 Å². The van der Waals surface area contributed by atoms with Gasteiger partial charge in [0.15, 0.2) is 0 Å². The molecule has 0 aromatic rings. The van der Waals surface area contributed by atoms with E-state index in [1.54, 1.807) is 0 Å². The van der Waals surface area contributed by atoms with Gasteiger partial charge in [0.2, 0.25) is 5.91 Å². The van der Waals surface area contributed by atoms with Crippen LogP contribution in [0.25, 0.3) is 0 Å². The summed E-state index contributed by atoms with van der Waals surface area (Å²) in [5, 5.41) is 8.54. The third-order valence-corrected chi connectivity index (χ3v) is 3.72. The fourth-order valence-electron chi connectivity index (χ4n) is 2.61. The quantitative estimate of drug-likeness (QED) is 0.711. The summed E-state index contributed by atoms with van der Waals surface area (Å²) in [7, 11) is 0. The van der Waals surface area contributed by atoms with E-state index in [1.807, 2.05) is 11.8 Å². The summed E-state index contributed by atoms with van der Waals surface area (Å²) in [6.45, 7) is 3.30. The Hall–Kier alpha value is -1.04. The van der Waals surface area contributed by atoms with Crippen LogP contribution in [0.3, 0.4) is 0 Å². The first-order valence-electron chi connectivity index (χ1n) is 6.92. The number of carbonyl (C=O) groups is 1. The van der Waals surface area contributed by atoms with Gasteiger partial charge in [-0.15, -0.1) is 0 Å². The molecule has 0 unspecified atom stereocenters. The lowest BCUT2D eigenvalue weighted by molar-refractivity contribution is -0.131. The smallest absolute Gasteiger partial charge is 0.222 e. The third-order valence-electron chi connectivity index (χ3n) is 3.72. The molecule has 0 saturated heterocycles. The van der Waals surface area contributed by atoms with Gasteiger partial charge in [-0.1, -0.05) is 32.1 Å². The number of hydrogen-bond donors (Lipinski definition) is 0. The molecule has 3 nitrogen and oxygen atoms in total. The molecule has 0 heterocycles. The second kappa shape index (κ2) is 8.11. The number of carbonyl (C=O) groups excluding carboxylic acids is 1. The minimum Gasteiger partial charge on any atom is -0.342 e. The fraction of sp³-hybridized carbons (Fsp3) is 0.857.